The van der Waals surface area contributed by atoms with E-state index in [0.29, 0.717) is 5.91 Å². The Kier molecular flexibility index (Phi) is 7.93. The summed E-state index contributed by atoms with van der Waals surface area (Å²) in [6.07, 6.45) is 9.28. The van der Waals surface area contributed by atoms with E-state index in [9.17, 15) is 13.6 Å². The lowest BCUT2D eigenvalue weighted by Crippen LogP contribution is -2.49. The number of halogens is 2. The zero-order valence-corrected chi connectivity index (χ0v) is 23.7. The van der Waals surface area contributed by atoms with E-state index >= 15 is 0 Å². The summed E-state index contributed by atoms with van der Waals surface area (Å²) in [5.41, 5.74) is 4.51. The first-order valence-corrected chi connectivity index (χ1v) is 14.5. The summed E-state index contributed by atoms with van der Waals surface area (Å²) in [6.45, 7) is 3.75. The minimum absolute atomic E-state index is 0.00673. The summed E-state index contributed by atoms with van der Waals surface area (Å²) < 4.78 is 37.4. The molecule has 0 radical (unpaired) electrons. The number of fused-ring (bicyclic) bond motifs is 1. The van der Waals surface area contributed by atoms with E-state index < -0.39 is 12.2 Å². The highest BCUT2D eigenvalue weighted by Gasteiger charge is 2.38. The average Bonchev–Trinajstić information content (AvgIpc) is 3.77. The number of amides is 1. The van der Waals surface area contributed by atoms with E-state index in [0.717, 1.165) is 93.0 Å². The number of alkyl halides is 2. The molecule has 0 aromatic carbocycles. The van der Waals surface area contributed by atoms with E-state index in [2.05, 4.69) is 31.8 Å². The van der Waals surface area contributed by atoms with Crippen LogP contribution in [-0.4, -0.2) is 95.9 Å². The molecule has 1 atom stereocenters. The van der Waals surface area contributed by atoms with Gasteiger partial charge in [0, 0.05) is 88.1 Å². The van der Waals surface area contributed by atoms with Gasteiger partial charge in [-0.25, -0.2) is 4.52 Å². The number of piperazine rings is 1. The van der Waals surface area contributed by atoms with Crippen LogP contribution in [0.3, 0.4) is 0 Å². The van der Waals surface area contributed by atoms with Crippen LogP contribution in [0.2, 0.25) is 0 Å². The number of aromatic nitrogens is 3. The molecule has 0 N–H and O–H groups in total. The number of anilines is 1. The van der Waals surface area contributed by atoms with E-state index in [1.165, 1.54) is 0 Å². The van der Waals surface area contributed by atoms with Gasteiger partial charge in [0.25, 0.3) is 0 Å². The number of methoxy groups -OCH3 is 1. The summed E-state index contributed by atoms with van der Waals surface area (Å²) in [4.78, 5) is 23.8. The number of likely N-dealkylation sites (tertiary alicyclic amines) is 1. The van der Waals surface area contributed by atoms with Gasteiger partial charge in [0.05, 0.1) is 29.1 Å². The third-order valence-corrected chi connectivity index (χ3v) is 9.01. The van der Waals surface area contributed by atoms with Gasteiger partial charge in [-0.2, -0.15) is 13.9 Å². The number of pyridine rings is 1. The molecule has 0 bridgehead atoms. The van der Waals surface area contributed by atoms with Crippen molar-refractivity contribution in [3.63, 3.8) is 0 Å². The van der Waals surface area contributed by atoms with Crippen LogP contribution in [0.15, 0.2) is 42.9 Å². The Balaban J connectivity index is 1.14. The molecule has 1 amide bonds. The quantitative estimate of drug-likeness (QED) is 0.386. The maximum Gasteiger partial charge on any atom is 0.345 e. The monoisotopic (exact) mass is 568 g/mol. The van der Waals surface area contributed by atoms with Crippen LogP contribution in [-0.2, 0) is 19.9 Å². The number of hydrogen-bond acceptors (Lipinski definition) is 7. The van der Waals surface area contributed by atoms with Crippen molar-refractivity contribution in [3.8, 4) is 11.3 Å². The molecule has 3 aliphatic rings. The topological polar surface area (TPSA) is 75.4 Å². The second kappa shape index (κ2) is 11.6. The van der Waals surface area contributed by atoms with E-state index in [1.807, 2.05) is 47.1 Å². The molecule has 3 aromatic heterocycles. The fourth-order valence-corrected chi connectivity index (χ4v) is 6.25. The normalized spacial score (nSPS) is 20.6. The zero-order valence-electron chi connectivity index (χ0n) is 23.7. The van der Waals surface area contributed by atoms with Gasteiger partial charge in [0.15, 0.2) is 0 Å². The van der Waals surface area contributed by atoms with Crippen LogP contribution in [0, 0.1) is 5.92 Å². The molecule has 9 nitrogen and oxygen atoms in total. The Labute approximate surface area is 239 Å². The van der Waals surface area contributed by atoms with Crippen molar-refractivity contribution < 1.29 is 23.0 Å². The first-order valence-electron chi connectivity index (χ1n) is 14.5. The number of hydrogen-bond donors (Lipinski definition) is 0. The molecule has 11 heteroatoms. The molecule has 1 saturated carbocycles. The van der Waals surface area contributed by atoms with Gasteiger partial charge in [-0.05, 0) is 50.8 Å². The summed E-state index contributed by atoms with van der Waals surface area (Å²) >= 11 is 0. The Morgan fingerprint density at radius 1 is 1.10 bits per heavy atom. The molecule has 2 aliphatic heterocycles. The summed E-state index contributed by atoms with van der Waals surface area (Å²) in [6, 6.07) is 8.19. The largest absolute Gasteiger partial charge is 0.373 e. The molecule has 5 heterocycles. The van der Waals surface area contributed by atoms with E-state index in [4.69, 9.17) is 9.72 Å². The van der Waals surface area contributed by atoms with Crippen LogP contribution in [0.4, 0.5) is 14.5 Å². The van der Waals surface area contributed by atoms with Crippen molar-refractivity contribution in [2.24, 2.45) is 5.92 Å². The van der Waals surface area contributed by atoms with Gasteiger partial charge in [-0.15, -0.1) is 0 Å². The van der Waals surface area contributed by atoms with E-state index in [-0.39, 0.29) is 18.6 Å². The fraction of sp³-hybridized carbons (Fsp3) is 0.567. The highest BCUT2D eigenvalue weighted by molar-refractivity contribution is 5.82. The summed E-state index contributed by atoms with van der Waals surface area (Å²) in [5, 5.41) is 4.54. The number of piperidine rings is 1. The maximum atomic E-state index is 12.5. The van der Waals surface area contributed by atoms with Crippen LogP contribution in [0.25, 0.3) is 16.8 Å². The number of rotatable bonds is 9. The number of ether oxygens (including phenoxy) is 2. The van der Waals surface area contributed by atoms with Crippen LogP contribution >= 0.6 is 0 Å². The Hall–Kier alpha value is -3.15. The fourth-order valence-electron chi connectivity index (χ4n) is 6.25. The molecule has 1 aliphatic carbocycles. The van der Waals surface area contributed by atoms with Gasteiger partial charge in [-0.1, -0.05) is 6.07 Å². The van der Waals surface area contributed by atoms with Crippen molar-refractivity contribution in [1.29, 1.82) is 0 Å². The molecule has 220 valence electrons. The van der Waals surface area contributed by atoms with Crippen LogP contribution in [0.5, 0.6) is 0 Å². The third kappa shape index (κ3) is 5.80. The average molecular weight is 569 g/mol. The highest BCUT2D eigenvalue weighted by atomic mass is 19.3. The first-order chi connectivity index (χ1) is 19.9. The maximum absolute atomic E-state index is 12.5. The Morgan fingerprint density at radius 3 is 2.49 bits per heavy atom. The molecule has 3 fully saturated rings. The predicted octanol–water partition coefficient (Wildman–Crippen LogP) is 4.02. The lowest BCUT2D eigenvalue weighted by atomic mass is 9.84. The second-order valence-corrected chi connectivity index (χ2v) is 11.5. The lowest BCUT2D eigenvalue weighted by Gasteiger charge is -2.43. The molecule has 0 unspecified atom stereocenters. The third-order valence-electron chi connectivity index (χ3n) is 9.01. The molecule has 0 spiro atoms. The molecule has 6 rings (SSSR count). The van der Waals surface area contributed by atoms with Crippen molar-refractivity contribution in [2.75, 3.05) is 57.9 Å². The van der Waals surface area contributed by atoms with Crippen molar-refractivity contribution in [3.05, 3.63) is 48.4 Å². The van der Waals surface area contributed by atoms with E-state index in [1.54, 1.807) is 7.11 Å². The first kappa shape index (κ1) is 28.0. The number of carbonyl (C=O) groups excluding carboxylic acids is 1. The van der Waals surface area contributed by atoms with Gasteiger partial charge in [0.1, 0.15) is 0 Å². The van der Waals surface area contributed by atoms with Gasteiger partial charge >= 0.3 is 6.61 Å². The minimum Gasteiger partial charge on any atom is -0.373 e. The molecule has 41 heavy (non-hydrogen) atoms. The van der Waals surface area contributed by atoms with Gasteiger partial charge in [-0.3, -0.25) is 14.7 Å². The highest BCUT2D eigenvalue weighted by Crippen LogP contribution is 2.38. The van der Waals surface area contributed by atoms with Gasteiger partial charge < -0.3 is 19.3 Å². The Morgan fingerprint density at radius 2 is 1.85 bits per heavy atom. The van der Waals surface area contributed by atoms with Crippen molar-refractivity contribution in [1.82, 2.24) is 24.4 Å². The zero-order chi connectivity index (χ0) is 28.6. The predicted molar refractivity (Wildman–Crippen MR) is 151 cm³/mol. The minimum atomic E-state index is -2.75. The van der Waals surface area contributed by atoms with Crippen molar-refractivity contribution in [2.45, 2.75) is 50.9 Å². The molecular weight excluding hydrogens is 530 g/mol. The van der Waals surface area contributed by atoms with Crippen LogP contribution < -0.4 is 4.90 Å². The SMILES string of the molecule is COC1(c2ccc(-c3cc4c(N5CCN(C(=O)C6CC6)CC5)ccnn4c3)nc2)CCN([C@@H](C)COC(F)F)CC1. The summed E-state index contributed by atoms with van der Waals surface area (Å²) in [5.74, 6) is 0.579. The molecular formula is C30H38F2N6O3. The van der Waals surface area contributed by atoms with Crippen molar-refractivity contribution >= 4 is 17.1 Å². The van der Waals surface area contributed by atoms with Crippen LogP contribution in [0.1, 0.15) is 38.2 Å². The number of carbonyl (C=O) groups is 1. The van der Waals surface area contributed by atoms with Gasteiger partial charge in [0.2, 0.25) is 5.91 Å². The second-order valence-electron chi connectivity index (χ2n) is 11.5. The standard InChI is InChI=1S/C30H38F2N6O3/c1-21(20-41-29(31)32)35-11-8-30(40-2,9-12-35)24-5-6-25(33-18-24)23-17-27-26(7-10-34-38(27)19-23)36-13-15-37(16-14-36)28(39)22-3-4-22/h5-7,10,17-19,21-22,29H,3-4,8-9,11-16,20H2,1-2H3/t21-/m0/s1. The Bertz CT molecular complexity index is 1350. The lowest BCUT2D eigenvalue weighted by molar-refractivity contribution is -0.145. The number of nitrogens with zero attached hydrogens (tertiary/aromatic N) is 6. The molecule has 2 saturated heterocycles. The summed E-state index contributed by atoms with van der Waals surface area (Å²) in [7, 11) is 1.72. The smallest absolute Gasteiger partial charge is 0.345 e. The molecule has 3 aromatic rings.